The Hall–Kier alpha value is -1.71. The third-order valence-electron chi connectivity index (χ3n) is 4.03. The van der Waals surface area contributed by atoms with Crippen LogP contribution in [0.1, 0.15) is 43.5 Å². The van der Waals surface area contributed by atoms with Crippen LogP contribution in [0.5, 0.6) is 0 Å². The van der Waals surface area contributed by atoms with E-state index in [-0.39, 0.29) is 0 Å². The smallest absolute Gasteiger partial charge is 0.250 e. The van der Waals surface area contributed by atoms with Crippen molar-refractivity contribution in [3.8, 4) is 0 Å². The lowest BCUT2D eigenvalue weighted by molar-refractivity contribution is 0.100. The topological polar surface area (TPSA) is 72.3 Å². The first-order chi connectivity index (χ1) is 8.91. The third kappa shape index (κ3) is 3.00. The molecule has 1 amide bonds. The van der Waals surface area contributed by atoms with Crippen LogP contribution in [0.2, 0.25) is 0 Å². The molecule has 0 atom stereocenters. The maximum atomic E-state index is 11.4. The van der Waals surface area contributed by atoms with Crippen molar-refractivity contribution in [2.45, 2.75) is 33.1 Å². The largest absolute Gasteiger partial charge is 0.396 e. The van der Waals surface area contributed by atoms with Crippen molar-refractivity contribution in [1.29, 1.82) is 0 Å². The highest BCUT2D eigenvalue weighted by Gasteiger charge is 2.24. The lowest BCUT2D eigenvalue weighted by Gasteiger charge is -2.26. The van der Waals surface area contributed by atoms with Gasteiger partial charge in [-0.15, -0.1) is 0 Å². The molecular weight excluding hydrogens is 238 g/mol. The minimum Gasteiger partial charge on any atom is -0.396 e. The van der Waals surface area contributed by atoms with Crippen LogP contribution in [0.15, 0.2) is 18.2 Å². The van der Waals surface area contributed by atoms with E-state index in [1.165, 1.54) is 6.42 Å². The van der Waals surface area contributed by atoms with Gasteiger partial charge in [0.1, 0.15) is 0 Å². The lowest BCUT2D eigenvalue weighted by Crippen LogP contribution is -2.27. The van der Waals surface area contributed by atoms with Crippen molar-refractivity contribution in [1.82, 2.24) is 0 Å². The van der Waals surface area contributed by atoms with Crippen LogP contribution in [-0.4, -0.2) is 19.0 Å². The number of nitrogens with zero attached hydrogens (tertiary/aromatic N) is 1. The molecule has 1 aromatic rings. The summed E-state index contributed by atoms with van der Waals surface area (Å²) in [7, 11) is 0. The normalized spacial score (nSPS) is 18.9. The molecule has 0 bridgehead atoms. The number of carbonyl (C=O) groups excluding carboxylic acids is 1. The Labute approximate surface area is 114 Å². The molecular formula is C15H23N3O. The predicted octanol–water partition coefficient (Wildman–Crippen LogP) is 2.38. The molecule has 1 aromatic carbocycles. The maximum Gasteiger partial charge on any atom is 0.250 e. The van der Waals surface area contributed by atoms with Crippen LogP contribution in [0, 0.1) is 5.41 Å². The summed E-state index contributed by atoms with van der Waals surface area (Å²) in [5, 5.41) is 0. The minimum atomic E-state index is -0.463. The molecule has 104 valence electrons. The second-order valence-corrected chi connectivity index (χ2v) is 6.11. The summed E-state index contributed by atoms with van der Waals surface area (Å²) in [5.41, 5.74) is 13.7. The highest BCUT2D eigenvalue weighted by atomic mass is 16.1. The number of nitrogen functional groups attached to an aromatic ring is 1. The monoisotopic (exact) mass is 261 g/mol. The van der Waals surface area contributed by atoms with E-state index in [9.17, 15) is 4.79 Å². The second-order valence-electron chi connectivity index (χ2n) is 6.11. The summed E-state index contributed by atoms with van der Waals surface area (Å²) in [4.78, 5) is 13.6. The van der Waals surface area contributed by atoms with E-state index >= 15 is 0 Å². The van der Waals surface area contributed by atoms with E-state index < -0.39 is 5.91 Å². The zero-order valence-electron chi connectivity index (χ0n) is 11.8. The summed E-state index contributed by atoms with van der Waals surface area (Å²) in [5.74, 6) is -0.463. The van der Waals surface area contributed by atoms with Crippen molar-refractivity contribution < 1.29 is 4.79 Å². The first kappa shape index (κ1) is 13.7. The highest BCUT2D eigenvalue weighted by Crippen LogP contribution is 2.34. The molecule has 4 N–H and O–H groups in total. The molecule has 19 heavy (non-hydrogen) atoms. The quantitative estimate of drug-likeness (QED) is 0.803. The number of amides is 1. The first-order valence-electron chi connectivity index (χ1n) is 6.84. The average molecular weight is 261 g/mol. The van der Waals surface area contributed by atoms with E-state index in [0.717, 1.165) is 31.6 Å². The Bertz CT molecular complexity index is 482. The standard InChI is InChI=1S/C15H23N3O/c1-15(2)7-4-9-18(10-8-15)12-6-3-5-11(13(12)16)14(17)19/h3,5-6H,4,7-10,16H2,1-2H3,(H2,17,19). The van der Waals surface area contributed by atoms with Gasteiger partial charge in [0, 0.05) is 13.1 Å². The van der Waals surface area contributed by atoms with Gasteiger partial charge in [0.15, 0.2) is 0 Å². The lowest BCUT2D eigenvalue weighted by atomic mass is 9.85. The van der Waals surface area contributed by atoms with Gasteiger partial charge in [-0.3, -0.25) is 4.79 Å². The maximum absolute atomic E-state index is 11.4. The van der Waals surface area contributed by atoms with Crippen LogP contribution in [0.4, 0.5) is 11.4 Å². The SMILES string of the molecule is CC1(C)CCCN(c2cccc(C(N)=O)c2N)CC1. The summed E-state index contributed by atoms with van der Waals surface area (Å²) in [6, 6.07) is 5.50. The van der Waals surface area contributed by atoms with Gasteiger partial charge in [-0.05, 0) is 36.8 Å². The molecule has 0 saturated carbocycles. The average Bonchev–Trinajstić information content (AvgIpc) is 2.50. The fraction of sp³-hybridized carbons (Fsp3) is 0.533. The zero-order chi connectivity index (χ0) is 14.0. The van der Waals surface area contributed by atoms with Gasteiger partial charge in [0.2, 0.25) is 0 Å². The number of rotatable bonds is 2. The fourth-order valence-electron chi connectivity index (χ4n) is 2.71. The van der Waals surface area contributed by atoms with Gasteiger partial charge in [-0.2, -0.15) is 0 Å². The molecule has 1 heterocycles. The minimum absolute atomic E-state index is 0.380. The van der Waals surface area contributed by atoms with Gasteiger partial charge in [0.25, 0.3) is 5.91 Å². The molecule has 0 spiro atoms. The van der Waals surface area contributed by atoms with Crippen molar-refractivity contribution in [3.05, 3.63) is 23.8 Å². The van der Waals surface area contributed by atoms with Crippen molar-refractivity contribution in [2.24, 2.45) is 11.1 Å². The van der Waals surface area contributed by atoms with Gasteiger partial charge in [0.05, 0.1) is 16.9 Å². The van der Waals surface area contributed by atoms with E-state index in [2.05, 4.69) is 18.7 Å². The molecule has 4 nitrogen and oxygen atoms in total. The number of anilines is 2. The van der Waals surface area contributed by atoms with E-state index in [1.54, 1.807) is 6.07 Å². The molecule has 1 aliphatic heterocycles. The fourth-order valence-corrected chi connectivity index (χ4v) is 2.71. The number of benzene rings is 1. The third-order valence-corrected chi connectivity index (χ3v) is 4.03. The highest BCUT2D eigenvalue weighted by molar-refractivity contribution is 6.00. The summed E-state index contributed by atoms with van der Waals surface area (Å²) in [6.45, 7) is 6.56. The van der Waals surface area contributed by atoms with Crippen molar-refractivity contribution in [2.75, 3.05) is 23.7 Å². The van der Waals surface area contributed by atoms with E-state index in [0.29, 0.717) is 16.7 Å². The Morgan fingerprint density at radius 1 is 1.26 bits per heavy atom. The summed E-state index contributed by atoms with van der Waals surface area (Å²) >= 11 is 0. The van der Waals surface area contributed by atoms with Crippen LogP contribution in [-0.2, 0) is 0 Å². The molecule has 0 aliphatic carbocycles. The summed E-state index contributed by atoms with van der Waals surface area (Å²) in [6.07, 6.45) is 3.50. The number of para-hydroxylation sites is 1. The molecule has 0 unspecified atom stereocenters. The second kappa shape index (κ2) is 5.11. The number of hydrogen-bond donors (Lipinski definition) is 2. The molecule has 1 saturated heterocycles. The molecule has 1 aliphatic rings. The van der Waals surface area contributed by atoms with Gasteiger partial charge < -0.3 is 16.4 Å². The van der Waals surface area contributed by atoms with Crippen molar-refractivity contribution >= 4 is 17.3 Å². The number of nitrogens with two attached hydrogens (primary N) is 2. The summed E-state index contributed by atoms with van der Waals surface area (Å²) < 4.78 is 0. The molecule has 2 rings (SSSR count). The predicted molar refractivity (Wildman–Crippen MR) is 79.2 cm³/mol. The first-order valence-corrected chi connectivity index (χ1v) is 6.84. The van der Waals surface area contributed by atoms with E-state index in [1.807, 2.05) is 12.1 Å². The number of hydrogen-bond acceptors (Lipinski definition) is 3. The van der Waals surface area contributed by atoms with Crippen LogP contribution >= 0.6 is 0 Å². The Kier molecular flexibility index (Phi) is 3.69. The molecule has 0 aromatic heterocycles. The zero-order valence-corrected chi connectivity index (χ0v) is 11.8. The van der Waals surface area contributed by atoms with Gasteiger partial charge >= 0.3 is 0 Å². The molecule has 4 heteroatoms. The number of carbonyl (C=O) groups is 1. The van der Waals surface area contributed by atoms with Crippen LogP contribution < -0.4 is 16.4 Å². The van der Waals surface area contributed by atoms with Crippen molar-refractivity contribution in [3.63, 3.8) is 0 Å². The Morgan fingerprint density at radius 3 is 2.68 bits per heavy atom. The van der Waals surface area contributed by atoms with Gasteiger partial charge in [-0.1, -0.05) is 19.9 Å². The Morgan fingerprint density at radius 2 is 2.00 bits per heavy atom. The molecule has 1 fully saturated rings. The van der Waals surface area contributed by atoms with Crippen LogP contribution in [0.3, 0.4) is 0 Å². The van der Waals surface area contributed by atoms with E-state index in [4.69, 9.17) is 11.5 Å². The molecule has 0 radical (unpaired) electrons. The van der Waals surface area contributed by atoms with Gasteiger partial charge in [-0.25, -0.2) is 0 Å². The number of primary amides is 1. The van der Waals surface area contributed by atoms with Crippen LogP contribution in [0.25, 0.3) is 0 Å². The Balaban J connectivity index is 2.27.